The maximum absolute atomic E-state index is 13.5. The topological polar surface area (TPSA) is 108 Å². The minimum atomic E-state index is -0.772. The maximum Gasteiger partial charge on any atom is 0.341 e. The molecule has 2 aromatic carbocycles. The molecule has 1 aliphatic rings. The van der Waals surface area contributed by atoms with E-state index in [0.29, 0.717) is 30.9 Å². The van der Waals surface area contributed by atoms with Gasteiger partial charge < -0.3 is 14.8 Å². The lowest BCUT2D eigenvalue weighted by Gasteiger charge is -2.28. The summed E-state index contributed by atoms with van der Waals surface area (Å²) in [5, 5.41) is 14.0. The van der Waals surface area contributed by atoms with Gasteiger partial charge in [-0.25, -0.2) is 4.79 Å². The van der Waals surface area contributed by atoms with E-state index in [0.717, 1.165) is 18.4 Å². The number of nitrogens with one attached hydrogen (secondary N) is 1. The highest BCUT2D eigenvalue weighted by Crippen LogP contribution is 2.42. The van der Waals surface area contributed by atoms with Crippen LogP contribution in [-0.4, -0.2) is 30.0 Å². The Kier molecular flexibility index (Phi) is 7.68. The monoisotopic (exact) mass is 454 g/mol. The average Bonchev–Trinajstić information content (AvgIpc) is 3.29. The summed E-state index contributed by atoms with van der Waals surface area (Å²) < 4.78 is 10.9. The lowest BCUT2D eigenvalue weighted by Crippen LogP contribution is -2.38. The van der Waals surface area contributed by atoms with E-state index in [1.807, 2.05) is 13.8 Å². The smallest absolute Gasteiger partial charge is 0.341 e. The number of amides is 1. The summed E-state index contributed by atoms with van der Waals surface area (Å²) in [5.74, 6) is -0.0211. The van der Waals surface area contributed by atoms with Gasteiger partial charge in [0.15, 0.2) is 0 Å². The van der Waals surface area contributed by atoms with Crippen LogP contribution in [0.3, 0.4) is 0 Å². The number of nitrogens with zero attached hydrogens (tertiary/aromatic N) is 1. The second-order valence-electron chi connectivity index (χ2n) is 8.68. The average molecular weight is 455 g/mol. The zero-order valence-electron chi connectivity index (χ0n) is 19.3. The van der Waals surface area contributed by atoms with E-state index in [1.165, 1.54) is 12.1 Å². The molecule has 0 unspecified atom stereocenters. The Labute approximate surface area is 193 Å². The molecular formula is C25H30N2O6. The van der Waals surface area contributed by atoms with Gasteiger partial charge in [0, 0.05) is 17.8 Å². The van der Waals surface area contributed by atoms with Gasteiger partial charge in [0.2, 0.25) is 5.91 Å². The van der Waals surface area contributed by atoms with Gasteiger partial charge in [-0.15, -0.1) is 0 Å². The molecule has 0 spiro atoms. The molecule has 0 heterocycles. The zero-order valence-corrected chi connectivity index (χ0v) is 19.3. The predicted octanol–water partition coefficient (Wildman–Crippen LogP) is 5.26. The highest BCUT2D eigenvalue weighted by molar-refractivity contribution is 6.01. The molecule has 0 radical (unpaired) electrons. The lowest BCUT2D eigenvalue weighted by molar-refractivity contribution is -0.384. The highest BCUT2D eigenvalue weighted by atomic mass is 16.6. The van der Waals surface area contributed by atoms with Gasteiger partial charge in [0.05, 0.1) is 23.6 Å². The van der Waals surface area contributed by atoms with Crippen LogP contribution in [0.2, 0.25) is 0 Å². The Morgan fingerprint density at radius 1 is 1.12 bits per heavy atom. The SMILES string of the molecule is CCOC(=O)c1cc(NC(=O)C2(c3ccc([N+](=O)[O-])cc3)CCCC2)ccc1OCC(C)C. The third-order valence-corrected chi connectivity index (χ3v) is 5.83. The van der Waals surface area contributed by atoms with Gasteiger partial charge in [-0.1, -0.05) is 38.8 Å². The molecule has 1 fully saturated rings. The molecule has 0 aromatic heterocycles. The lowest BCUT2D eigenvalue weighted by atomic mass is 9.78. The van der Waals surface area contributed by atoms with Gasteiger partial charge in [0.1, 0.15) is 11.3 Å². The quantitative estimate of drug-likeness (QED) is 0.315. The van der Waals surface area contributed by atoms with Crippen molar-refractivity contribution in [3.8, 4) is 5.75 Å². The van der Waals surface area contributed by atoms with Crippen molar-refractivity contribution in [2.75, 3.05) is 18.5 Å². The number of nitro benzene ring substituents is 1. The van der Waals surface area contributed by atoms with Crippen molar-refractivity contribution in [2.24, 2.45) is 5.92 Å². The van der Waals surface area contributed by atoms with E-state index in [4.69, 9.17) is 9.47 Å². The van der Waals surface area contributed by atoms with Crippen LogP contribution in [0.15, 0.2) is 42.5 Å². The fourth-order valence-corrected chi connectivity index (χ4v) is 4.14. The van der Waals surface area contributed by atoms with E-state index in [1.54, 1.807) is 37.3 Å². The number of benzene rings is 2. The zero-order chi connectivity index (χ0) is 24.0. The molecule has 1 saturated carbocycles. The number of nitro groups is 1. The molecule has 33 heavy (non-hydrogen) atoms. The van der Waals surface area contributed by atoms with Gasteiger partial charge in [-0.3, -0.25) is 14.9 Å². The fourth-order valence-electron chi connectivity index (χ4n) is 4.14. The van der Waals surface area contributed by atoms with Gasteiger partial charge >= 0.3 is 5.97 Å². The molecule has 1 aliphatic carbocycles. The second-order valence-corrected chi connectivity index (χ2v) is 8.68. The Morgan fingerprint density at radius 2 is 1.79 bits per heavy atom. The van der Waals surface area contributed by atoms with E-state index in [9.17, 15) is 19.7 Å². The number of rotatable bonds is 9. The third kappa shape index (κ3) is 5.50. The second kappa shape index (κ2) is 10.5. The molecular weight excluding hydrogens is 424 g/mol. The molecule has 1 N–H and O–H groups in total. The number of non-ortho nitro benzene ring substituents is 1. The third-order valence-electron chi connectivity index (χ3n) is 5.83. The molecule has 1 amide bonds. The number of hydrogen-bond acceptors (Lipinski definition) is 6. The number of carbonyl (C=O) groups excluding carboxylic acids is 2. The van der Waals surface area contributed by atoms with E-state index >= 15 is 0 Å². The summed E-state index contributed by atoms with van der Waals surface area (Å²) in [4.78, 5) is 36.5. The molecule has 2 aromatic rings. The Bertz CT molecular complexity index is 1010. The predicted molar refractivity (Wildman–Crippen MR) is 125 cm³/mol. The summed E-state index contributed by atoms with van der Waals surface area (Å²) in [5.41, 5.74) is 0.694. The van der Waals surface area contributed by atoms with Gasteiger partial charge in [-0.05, 0) is 49.4 Å². The molecule has 0 aliphatic heterocycles. The molecule has 176 valence electrons. The first kappa shape index (κ1) is 24.2. The number of ether oxygens (including phenoxy) is 2. The summed E-state index contributed by atoms with van der Waals surface area (Å²) >= 11 is 0. The fraction of sp³-hybridized carbons (Fsp3) is 0.440. The molecule has 0 saturated heterocycles. The van der Waals surface area contributed by atoms with Gasteiger partial charge in [0.25, 0.3) is 5.69 Å². The normalized spacial score (nSPS) is 14.7. The van der Waals surface area contributed by atoms with Crippen LogP contribution in [0.5, 0.6) is 5.75 Å². The molecule has 3 rings (SSSR count). The van der Waals surface area contributed by atoms with Crippen molar-refractivity contribution in [1.82, 2.24) is 0 Å². The minimum Gasteiger partial charge on any atom is -0.492 e. The number of esters is 1. The van der Waals surface area contributed by atoms with Crippen molar-refractivity contribution in [3.63, 3.8) is 0 Å². The summed E-state index contributed by atoms with van der Waals surface area (Å²) in [6.07, 6.45) is 3.08. The maximum atomic E-state index is 13.5. The first-order valence-electron chi connectivity index (χ1n) is 11.3. The summed E-state index contributed by atoms with van der Waals surface area (Å²) in [6, 6.07) is 11.1. The van der Waals surface area contributed by atoms with Crippen LogP contribution in [0.1, 0.15) is 62.4 Å². The molecule has 0 bridgehead atoms. The van der Waals surface area contributed by atoms with Crippen LogP contribution in [0, 0.1) is 16.0 Å². The number of hydrogen-bond donors (Lipinski definition) is 1. The van der Waals surface area contributed by atoms with E-state index in [2.05, 4.69) is 5.32 Å². The standard InChI is InChI=1S/C25H30N2O6/c1-4-32-23(28)21-15-19(9-12-22(21)33-16-17(2)3)26-24(29)25(13-5-6-14-25)18-7-10-20(11-8-18)27(30)31/h7-12,15,17H,4-6,13-14,16H2,1-3H3,(H,26,29). The molecule has 8 nitrogen and oxygen atoms in total. The first-order valence-corrected chi connectivity index (χ1v) is 11.3. The van der Waals surface area contributed by atoms with Crippen LogP contribution in [-0.2, 0) is 14.9 Å². The van der Waals surface area contributed by atoms with Crippen LogP contribution in [0.25, 0.3) is 0 Å². The van der Waals surface area contributed by atoms with E-state index in [-0.39, 0.29) is 29.7 Å². The van der Waals surface area contributed by atoms with Crippen LogP contribution >= 0.6 is 0 Å². The van der Waals surface area contributed by atoms with Crippen LogP contribution in [0.4, 0.5) is 11.4 Å². The van der Waals surface area contributed by atoms with Crippen molar-refractivity contribution in [3.05, 3.63) is 63.7 Å². The van der Waals surface area contributed by atoms with Crippen molar-refractivity contribution < 1.29 is 24.0 Å². The summed E-state index contributed by atoms with van der Waals surface area (Å²) in [6.45, 7) is 6.42. The number of anilines is 1. The van der Waals surface area contributed by atoms with Crippen LogP contribution < -0.4 is 10.1 Å². The Hall–Kier alpha value is -3.42. The van der Waals surface area contributed by atoms with Crippen molar-refractivity contribution >= 4 is 23.3 Å². The molecule has 8 heteroatoms. The van der Waals surface area contributed by atoms with Crippen molar-refractivity contribution in [1.29, 1.82) is 0 Å². The van der Waals surface area contributed by atoms with Crippen molar-refractivity contribution in [2.45, 2.75) is 51.9 Å². The molecule has 0 atom stereocenters. The number of carbonyl (C=O) groups is 2. The first-order chi connectivity index (χ1) is 15.8. The summed E-state index contributed by atoms with van der Waals surface area (Å²) in [7, 11) is 0. The van der Waals surface area contributed by atoms with E-state index < -0.39 is 16.3 Å². The van der Waals surface area contributed by atoms with Gasteiger partial charge in [-0.2, -0.15) is 0 Å². The Morgan fingerprint density at radius 3 is 2.36 bits per heavy atom. The minimum absolute atomic E-state index is 0.0108. The highest BCUT2D eigenvalue weighted by Gasteiger charge is 2.43. The largest absolute Gasteiger partial charge is 0.492 e. The Balaban J connectivity index is 1.88.